The first-order valence-corrected chi connectivity index (χ1v) is 7.05. The second-order valence-corrected chi connectivity index (χ2v) is 5.13. The molecule has 1 amide bonds. The lowest BCUT2D eigenvalue weighted by molar-refractivity contribution is -0.134. The van der Waals surface area contributed by atoms with Crippen molar-refractivity contribution in [2.24, 2.45) is 0 Å². The maximum atomic E-state index is 11.9. The summed E-state index contributed by atoms with van der Waals surface area (Å²) < 4.78 is 11.1. The lowest BCUT2D eigenvalue weighted by Gasteiger charge is -2.23. The van der Waals surface area contributed by atoms with E-state index < -0.39 is 6.10 Å². The van der Waals surface area contributed by atoms with Crippen molar-refractivity contribution in [3.63, 3.8) is 0 Å². The van der Waals surface area contributed by atoms with Crippen LogP contribution in [-0.4, -0.2) is 44.4 Å². The average Bonchev–Trinajstić information content (AvgIpc) is 2.48. The van der Waals surface area contributed by atoms with Gasteiger partial charge in [-0.15, -0.1) is 0 Å². The molecule has 1 fully saturated rings. The molecule has 0 saturated carbocycles. The van der Waals surface area contributed by atoms with Gasteiger partial charge in [-0.05, 0) is 31.2 Å². The van der Waals surface area contributed by atoms with Crippen molar-refractivity contribution in [3.8, 4) is 5.75 Å². The summed E-state index contributed by atoms with van der Waals surface area (Å²) in [6.07, 6.45) is -0.539. The SMILES string of the molecule is CC(CNC(=O)C1CNCCO1)Oc1ccc(Cl)cc1. The summed E-state index contributed by atoms with van der Waals surface area (Å²) in [7, 11) is 0. The maximum Gasteiger partial charge on any atom is 0.250 e. The molecule has 1 aliphatic rings. The standard InChI is InChI=1S/C14H19ClN2O3/c1-10(20-12-4-2-11(15)3-5-12)8-17-14(18)13-9-16-6-7-19-13/h2-5,10,13,16H,6-9H2,1H3,(H,17,18). The summed E-state index contributed by atoms with van der Waals surface area (Å²) in [6, 6.07) is 7.14. The largest absolute Gasteiger partial charge is 0.489 e. The van der Waals surface area contributed by atoms with Crippen LogP contribution < -0.4 is 15.4 Å². The average molecular weight is 299 g/mol. The van der Waals surface area contributed by atoms with Gasteiger partial charge in [-0.1, -0.05) is 11.6 Å². The first kappa shape index (κ1) is 15.1. The Balaban J connectivity index is 1.72. The summed E-state index contributed by atoms with van der Waals surface area (Å²) >= 11 is 5.80. The van der Waals surface area contributed by atoms with Crippen LogP contribution in [0, 0.1) is 0 Å². The second-order valence-electron chi connectivity index (χ2n) is 4.69. The van der Waals surface area contributed by atoms with Gasteiger partial charge >= 0.3 is 0 Å². The lowest BCUT2D eigenvalue weighted by atomic mass is 10.2. The van der Waals surface area contributed by atoms with Crippen molar-refractivity contribution in [1.82, 2.24) is 10.6 Å². The summed E-state index contributed by atoms with van der Waals surface area (Å²) in [6.45, 7) is 4.24. The van der Waals surface area contributed by atoms with E-state index in [1.165, 1.54) is 0 Å². The molecule has 2 N–H and O–H groups in total. The van der Waals surface area contributed by atoms with Crippen molar-refractivity contribution >= 4 is 17.5 Å². The van der Waals surface area contributed by atoms with Gasteiger partial charge in [0.25, 0.3) is 5.91 Å². The quantitative estimate of drug-likeness (QED) is 0.858. The molecule has 1 saturated heterocycles. The van der Waals surface area contributed by atoms with Crippen molar-refractivity contribution in [1.29, 1.82) is 0 Å². The van der Waals surface area contributed by atoms with Crippen molar-refractivity contribution < 1.29 is 14.3 Å². The molecular formula is C14H19ClN2O3. The minimum absolute atomic E-state index is 0.108. The number of morpholine rings is 1. The molecule has 0 aliphatic carbocycles. The zero-order chi connectivity index (χ0) is 14.4. The van der Waals surface area contributed by atoms with Crippen LogP contribution in [0.25, 0.3) is 0 Å². The zero-order valence-corrected chi connectivity index (χ0v) is 12.2. The molecule has 20 heavy (non-hydrogen) atoms. The molecule has 6 heteroatoms. The predicted molar refractivity (Wildman–Crippen MR) is 77.2 cm³/mol. The number of nitrogens with one attached hydrogen (secondary N) is 2. The fourth-order valence-electron chi connectivity index (χ4n) is 1.88. The van der Waals surface area contributed by atoms with Crippen molar-refractivity contribution in [2.75, 3.05) is 26.2 Å². The maximum absolute atomic E-state index is 11.9. The van der Waals surface area contributed by atoms with Gasteiger partial charge < -0.3 is 20.1 Å². The lowest BCUT2D eigenvalue weighted by Crippen LogP contribution is -2.49. The van der Waals surface area contributed by atoms with E-state index in [0.717, 1.165) is 12.3 Å². The van der Waals surface area contributed by atoms with E-state index in [2.05, 4.69) is 10.6 Å². The van der Waals surface area contributed by atoms with Crippen molar-refractivity contribution in [2.45, 2.75) is 19.1 Å². The van der Waals surface area contributed by atoms with Gasteiger partial charge in [0.15, 0.2) is 0 Å². The summed E-state index contributed by atoms with van der Waals surface area (Å²) in [4.78, 5) is 11.9. The normalized spacial score (nSPS) is 20.2. The van der Waals surface area contributed by atoms with E-state index in [0.29, 0.717) is 24.7 Å². The number of carbonyl (C=O) groups is 1. The molecule has 0 spiro atoms. The molecule has 2 atom stereocenters. The molecular weight excluding hydrogens is 280 g/mol. The monoisotopic (exact) mass is 298 g/mol. The summed E-state index contributed by atoms with van der Waals surface area (Å²) in [5.74, 6) is 0.621. The Morgan fingerprint density at radius 2 is 2.30 bits per heavy atom. The Morgan fingerprint density at radius 1 is 1.55 bits per heavy atom. The number of ether oxygens (including phenoxy) is 2. The Bertz CT molecular complexity index is 433. The van der Waals surface area contributed by atoms with Crippen molar-refractivity contribution in [3.05, 3.63) is 29.3 Å². The van der Waals surface area contributed by atoms with Crippen LogP contribution in [0.1, 0.15) is 6.92 Å². The fourth-order valence-corrected chi connectivity index (χ4v) is 2.01. The van der Waals surface area contributed by atoms with Crippen LogP contribution in [0.15, 0.2) is 24.3 Å². The molecule has 5 nitrogen and oxygen atoms in total. The highest BCUT2D eigenvalue weighted by atomic mass is 35.5. The van der Waals surface area contributed by atoms with E-state index in [1.54, 1.807) is 24.3 Å². The van der Waals surface area contributed by atoms with E-state index in [1.807, 2.05) is 6.92 Å². The minimum atomic E-state index is -0.411. The van der Waals surface area contributed by atoms with Crippen LogP contribution in [0.5, 0.6) is 5.75 Å². The first-order valence-electron chi connectivity index (χ1n) is 6.67. The van der Waals surface area contributed by atoms with Gasteiger partial charge in [0.05, 0.1) is 13.2 Å². The Morgan fingerprint density at radius 3 is 2.95 bits per heavy atom. The third-order valence-corrected chi connectivity index (χ3v) is 3.19. The number of amides is 1. The number of hydrogen-bond acceptors (Lipinski definition) is 4. The molecule has 0 radical (unpaired) electrons. The highest BCUT2D eigenvalue weighted by Gasteiger charge is 2.21. The Kier molecular flexibility index (Phi) is 5.64. The van der Waals surface area contributed by atoms with E-state index in [-0.39, 0.29) is 12.0 Å². The molecule has 1 aromatic carbocycles. The fraction of sp³-hybridized carbons (Fsp3) is 0.500. The molecule has 2 unspecified atom stereocenters. The van der Waals surface area contributed by atoms with Gasteiger partial charge in [-0.2, -0.15) is 0 Å². The second kappa shape index (κ2) is 7.47. The number of hydrogen-bond donors (Lipinski definition) is 2. The van der Waals surface area contributed by atoms with Crippen LogP contribution in [0.3, 0.4) is 0 Å². The Labute approximate surface area is 123 Å². The molecule has 1 aromatic rings. The molecule has 2 rings (SSSR count). The molecule has 1 aliphatic heterocycles. The van der Waals surface area contributed by atoms with Crippen LogP contribution in [0.2, 0.25) is 5.02 Å². The van der Waals surface area contributed by atoms with Gasteiger partial charge in [0.1, 0.15) is 18.0 Å². The molecule has 1 heterocycles. The third-order valence-electron chi connectivity index (χ3n) is 2.93. The van der Waals surface area contributed by atoms with E-state index in [9.17, 15) is 4.79 Å². The number of benzene rings is 1. The molecule has 0 aromatic heterocycles. The molecule has 110 valence electrons. The van der Waals surface area contributed by atoms with Gasteiger partial charge in [-0.25, -0.2) is 0 Å². The van der Waals surface area contributed by atoms with Gasteiger partial charge in [-0.3, -0.25) is 4.79 Å². The summed E-state index contributed by atoms with van der Waals surface area (Å²) in [5, 5.41) is 6.61. The minimum Gasteiger partial charge on any atom is -0.489 e. The predicted octanol–water partition coefficient (Wildman–Crippen LogP) is 1.21. The van der Waals surface area contributed by atoms with E-state index >= 15 is 0 Å². The number of halogens is 1. The highest BCUT2D eigenvalue weighted by Crippen LogP contribution is 2.16. The zero-order valence-electron chi connectivity index (χ0n) is 11.4. The third kappa shape index (κ3) is 4.67. The first-order chi connectivity index (χ1) is 9.65. The van der Waals surface area contributed by atoms with Crippen LogP contribution in [0.4, 0.5) is 0 Å². The van der Waals surface area contributed by atoms with Crippen LogP contribution in [-0.2, 0) is 9.53 Å². The number of carbonyl (C=O) groups excluding carboxylic acids is 1. The van der Waals surface area contributed by atoms with E-state index in [4.69, 9.17) is 21.1 Å². The van der Waals surface area contributed by atoms with Crippen LogP contribution >= 0.6 is 11.6 Å². The smallest absolute Gasteiger partial charge is 0.250 e. The van der Waals surface area contributed by atoms with Gasteiger partial charge in [0.2, 0.25) is 0 Å². The Hall–Kier alpha value is -1.30. The van der Waals surface area contributed by atoms with Gasteiger partial charge in [0, 0.05) is 18.1 Å². The summed E-state index contributed by atoms with van der Waals surface area (Å²) in [5.41, 5.74) is 0. The molecule has 0 bridgehead atoms. The highest BCUT2D eigenvalue weighted by molar-refractivity contribution is 6.30. The topological polar surface area (TPSA) is 59.6 Å². The number of rotatable bonds is 5.